The topological polar surface area (TPSA) is 85.8 Å². The molecule has 1 aromatic heterocycles. The lowest BCUT2D eigenvalue weighted by Crippen LogP contribution is -2.48. The minimum absolute atomic E-state index is 0.213. The molecule has 23 heavy (non-hydrogen) atoms. The fourth-order valence-corrected chi connectivity index (χ4v) is 2.93. The largest absolute Gasteiger partial charge is 0.347 e. The molecule has 2 aromatic rings. The fourth-order valence-electron chi connectivity index (χ4n) is 2.93. The summed E-state index contributed by atoms with van der Waals surface area (Å²) in [5, 5.41) is 11.4. The summed E-state index contributed by atoms with van der Waals surface area (Å²) in [6.45, 7) is 3.00. The van der Waals surface area contributed by atoms with Crippen LogP contribution >= 0.6 is 0 Å². The Kier molecular flexibility index (Phi) is 4.43. The number of aryl methyl sites for hydroxylation is 1. The van der Waals surface area contributed by atoms with E-state index in [1.54, 1.807) is 6.92 Å². The first-order chi connectivity index (χ1) is 11.1. The van der Waals surface area contributed by atoms with Crippen molar-refractivity contribution in [2.45, 2.75) is 51.2 Å². The summed E-state index contributed by atoms with van der Waals surface area (Å²) in [7, 11) is 0. The average molecular weight is 313 g/mol. The molecule has 0 saturated heterocycles. The molecule has 1 aliphatic heterocycles. The fraction of sp³-hybridized carbons (Fsp3) is 0.471. The highest BCUT2D eigenvalue weighted by atomic mass is 16.2. The third-order valence-corrected chi connectivity index (χ3v) is 4.44. The summed E-state index contributed by atoms with van der Waals surface area (Å²) >= 11 is 0. The van der Waals surface area contributed by atoms with Gasteiger partial charge in [0.05, 0.1) is 6.54 Å². The first-order valence-corrected chi connectivity index (χ1v) is 8.12. The maximum Gasteiger partial charge on any atom is 0.244 e. The van der Waals surface area contributed by atoms with Crippen molar-refractivity contribution >= 4 is 5.91 Å². The number of benzene rings is 1. The molecule has 0 bridgehead atoms. The minimum atomic E-state index is -1.07. The molecule has 0 fully saturated rings. The highest BCUT2D eigenvalue weighted by Gasteiger charge is 2.30. The quantitative estimate of drug-likeness (QED) is 0.895. The van der Waals surface area contributed by atoms with E-state index in [-0.39, 0.29) is 5.91 Å². The van der Waals surface area contributed by atoms with Crippen LogP contribution in [-0.2, 0) is 29.8 Å². The maximum absolute atomic E-state index is 12.5. The normalized spacial score (nSPS) is 17.0. The van der Waals surface area contributed by atoms with Gasteiger partial charge in [0.15, 0.2) is 5.82 Å². The third-order valence-electron chi connectivity index (χ3n) is 4.44. The Morgan fingerprint density at radius 3 is 2.83 bits per heavy atom. The van der Waals surface area contributed by atoms with Crippen molar-refractivity contribution in [3.05, 3.63) is 47.5 Å². The summed E-state index contributed by atoms with van der Waals surface area (Å²) in [6.07, 6.45) is 4.45. The number of nitrogens with zero attached hydrogens (tertiary/aromatic N) is 3. The van der Waals surface area contributed by atoms with E-state index in [1.807, 2.05) is 30.3 Å². The first-order valence-electron chi connectivity index (χ1n) is 8.12. The number of amides is 1. The molecule has 1 amide bonds. The number of hydrogen-bond donors (Lipinski definition) is 2. The van der Waals surface area contributed by atoms with Crippen molar-refractivity contribution in [3.8, 4) is 0 Å². The van der Waals surface area contributed by atoms with Gasteiger partial charge in [0.2, 0.25) is 5.91 Å². The van der Waals surface area contributed by atoms with Crippen molar-refractivity contribution in [1.29, 1.82) is 0 Å². The third kappa shape index (κ3) is 3.27. The second-order valence-electron chi connectivity index (χ2n) is 6.25. The van der Waals surface area contributed by atoms with Gasteiger partial charge in [-0.3, -0.25) is 4.79 Å². The monoisotopic (exact) mass is 313 g/mol. The van der Waals surface area contributed by atoms with E-state index in [9.17, 15) is 4.79 Å². The number of hydrogen-bond acceptors (Lipinski definition) is 4. The van der Waals surface area contributed by atoms with E-state index >= 15 is 0 Å². The summed E-state index contributed by atoms with van der Waals surface area (Å²) in [5.74, 6) is 1.61. The SMILES string of the molecule is CC(N)(C(=O)NCc1nnc2n1CCCCC2)c1ccccc1. The standard InChI is InChI=1S/C17H23N5O/c1-17(18,13-8-4-2-5-9-13)16(23)19-12-15-21-20-14-10-6-3-7-11-22(14)15/h2,4-5,8-9H,3,6-7,10-12,18H2,1H3,(H,19,23). The van der Waals surface area contributed by atoms with Gasteiger partial charge in [0.1, 0.15) is 11.4 Å². The number of aromatic nitrogens is 3. The van der Waals surface area contributed by atoms with Crippen LogP contribution < -0.4 is 11.1 Å². The highest BCUT2D eigenvalue weighted by Crippen LogP contribution is 2.18. The Bertz CT molecular complexity index is 678. The van der Waals surface area contributed by atoms with Gasteiger partial charge in [-0.15, -0.1) is 10.2 Å². The Balaban J connectivity index is 1.69. The highest BCUT2D eigenvalue weighted by molar-refractivity contribution is 5.86. The number of nitrogens with two attached hydrogens (primary N) is 1. The summed E-state index contributed by atoms with van der Waals surface area (Å²) < 4.78 is 2.13. The predicted octanol–water partition coefficient (Wildman–Crippen LogP) is 1.49. The lowest BCUT2D eigenvalue weighted by Gasteiger charge is -2.24. The van der Waals surface area contributed by atoms with Crippen LogP contribution in [0.1, 0.15) is 43.4 Å². The molecule has 1 unspecified atom stereocenters. The van der Waals surface area contributed by atoms with Crippen LogP contribution in [0.15, 0.2) is 30.3 Å². The van der Waals surface area contributed by atoms with Crippen LogP contribution in [0.3, 0.4) is 0 Å². The molecule has 122 valence electrons. The van der Waals surface area contributed by atoms with E-state index < -0.39 is 5.54 Å². The molecule has 0 spiro atoms. The van der Waals surface area contributed by atoms with Crippen LogP contribution in [-0.4, -0.2) is 20.7 Å². The molecule has 1 atom stereocenters. The van der Waals surface area contributed by atoms with Crippen molar-refractivity contribution < 1.29 is 4.79 Å². The van der Waals surface area contributed by atoms with Gasteiger partial charge in [0.25, 0.3) is 0 Å². The lowest BCUT2D eigenvalue weighted by molar-refractivity contribution is -0.126. The van der Waals surface area contributed by atoms with Crippen molar-refractivity contribution in [2.24, 2.45) is 5.73 Å². The smallest absolute Gasteiger partial charge is 0.244 e. The Morgan fingerprint density at radius 1 is 1.26 bits per heavy atom. The number of carbonyl (C=O) groups is 1. The lowest BCUT2D eigenvalue weighted by atomic mass is 9.92. The zero-order valence-corrected chi connectivity index (χ0v) is 13.5. The molecule has 6 heteroatoms. The average Bonchev–Trinajstić information content (AvgIpc) is 2.79. The molecule has 3 N–H and O–H groups in total. The van der Waals surface area contributed by atoms with Crippen LogP contribution in [0.2, 0.25) is 0 Å². The van der Waals surface area contributed by atoms with E-state index in [1.165, 1.54) is 6.42 Å². The molecule has 1 aliphatic rings. The van der Waals surface area contributed by atoms with Crippen LogP contribution in [0.4, 0.5) is 0 Å². The van der Waals surface area contributed by atoms with Gasteiger partial charge in [0, 0.05) is 13.0 Å². The summed E-state index contributed by atoms with van der Waals surface area (Å²) in [6, 6.07) is 9.40. The molecule has 1 aromatic carbocycles. The Morgan fingerprint density at radius 2 is 2.04 bits per heavy atom. The van der Waals surface area contributed by atoms with E-state index in [0.717, 1.165) is 43.0 Å². The Hall–Kier alpha value is -2.21. The maximum atomic E-state index is 12.5. The molecule has 0 aliphatic carbocycles. The van der Waals surface area contributed by atoms with Gasteiger partial charge >= 0.3 is 0 Å². The molecular weight excluding hydrogens is 290 g/mol. The van der Waals surface area contributed by atoms with E-state index in [2.05, 4.69) is 20.1 Å². The minimum Gasteiger partial charge on any atom is -0.347 e. The number of carbonyl (C=O) groups excluding carboxylic acids is 1. The molecule has 0 radical (unpaired) electrons. The van der Waals surface area contributed by atoms with Gasteiger partial charge in [-0.1, -0.05) is 36.8 Å². The molecule has 2 heterocycles. The van der Waals surface area contributed by atoms with Crippen LogP contribution in [0.25, 0.3) is 0 Å². The van der Waals surface area contributed by atoms with Crippen molar-refractivity contribution in [3.63, 3.8) is 0 Å². The molecule has 0 saturated carbocycles. The van der Waals surface area contributed by atoms with E-state index in [4.69, 9.17) is 5.73 Å². The zero-order chi connectivity index (χ0) is 16.3. The van der Waals surface area contributed by atoms with Crippen LogP contribution in [0, 0.1) is 0 Å². The summed E-state index contributed by atoms with van der Waals surface area (Å²) in [4.78, 5) is 12.5. The number of nitrogens with one attached hydrogen (secondary N) is 1. The number of rotatable bonds is 4. The predicted molar refractivity (Wildman–Crippen MR) is 87.4 cm³/mol. The van der Waals surface area contributed by atoms with Gasteiger partial charge in [-0.2, -0.15) is 0 Å². The zero-order valence-electron chi connectivity index (χ0n) is 13.5. The Labute approximate surface area is 136 Å². The molecular formula is C17H23N5O. The van der Waals surface area contributed by atoms with Gasteiger partial charge in [-0.05, 0) is 25.3 Å². The molecule has 6 nitrogen and oxygen atoms in total. The van der Waals surface area contributed by atoms with Gasteiger partial charge in [-0.25, -0.2) is 0 Å². The van der Waals surface area contributed by atoms with E-state index in [0.29, 0.717) is 6.54 Å². The van der Waals surface area contributed by atoms with Crippen molar-refractivity contribution in [2.75, 3.05) is 0 Å². The first kappa shape index (κ1) is 15.7. The summed E-state index contributed by atoms with van der Waals surface area (Å²) in [5.41, 5.74) is 5.95. The van der Waals surface area contributed by atoms with Gasteiger partial charge < -0.3 is 15.6 Å². The number of fused-ring (bicyclic) bond motifs is 1. The second-order valence-corrected chi connectivity index (χ2v) is 6.25. The van der Waals surface area contributed by atoms with Crippen molar-refractivity contribution in [1.82, 2.24) is 20.1 Å². The van der Waals surface area contributed by atoms with Crippen LogP contribution in [0.5, 0.6) is 0 Å². The molecule has 3 rings (SSSR count). The second kappa shape index (κ2) is 6.50.